The first kappa shape index (κ1) is 13.7. The monoisotopic (exact) mass is 326 g/mol. The van der Waals surface area contributed by atoms with Gasteiger partial charge in [-0.2, -0.15) is 0 Å². The molecule has 0 aliphatic rings. The highest BCUT2D eigenvalue weighted by atomic mass is 79.9. The van der Waals surface area contributed by atoms with E-state index < -0.39 is 0 Å². The molecular formula is C14H15BrO2S. The molecule has 4 heteroatoms. The van der Waals surface area contributed by atoms with Gasteiger partial charge in [-0.15, -0.1) is 11.3 Å². The fourth-order valence-electron chi connectivity index (χ4n) is 1.79. The van der Waals surface area contributed by atoms with Crippen molar-refractivity contribution >= 4 is 43.1 Å². The second kappa shape index (κ2) is 5.51. The van der Waals surface area contributed by atoms with Gasteiger partial charge >= 0.3 is 0 Å². The van der Waals surface area contributed by atoms with E-state index in [9.17, 15) is 4.79 Å². The van der Waals surface area contributed by atoms with E-state index >= 15 is 0 Å². The number of aliphatic hydroxyl groups is 1. The first-order valence-electron chi connectivity index (χ1n) is 5.85. The molecule has 0 bridgehead atoms. The third-order valence-electron chi connectivity index (χ3n) is 2.92. The maximum atomic E-state index is 12.0. The summed E-state index contributed by atoms with van der Waals surface area (Å²) in [5.41, 5.74) is 1.17. The van der Waals surface area contributed by atoms with E-state index in [4.69, 9.17) is 5.11 Å². The predicted octanol–water partition coefficient (Wildman–Crippen LogP) is 4.17. The van der Waals surface area contributed by atoms with Gasteiger partial charge in [0.15, 0.2) is 5.78 Å². The molecule has 0 amide bonds. The number of carbonyl (C=O) groups is 1. The van der Waals surface area contributed by atoms with E-state index in [0.29, 0.717) is 6.42 Å². The maximum Gasteiger partial charge on any atom is 0.173 e. The van der Waals surface area contributed by atoms with Crippen LogP contribution in [0.1, 0.15) is 28.6 Å². The molecule has 0 spiro atoms. The minimum Gasteiger partial charge on any atom is -0.396 e. The summed E-state index contributed by atoms with van der Waals surface area (Å²) in [6.07, 6.45) is 0.406. The highest BCUT2D eigenvalue weighted by molar-refractivity contribution is 9.10. The lowest BCUT2D eigenvalue weighted by Crippen LogP contribution is -2.07. The van der Waals surface area contributed by atoms with Gasteiger partial charge in [-0.25, -0.2) is 0 Å². The number of aryl methyl sites for hydroxylation is 1. The van der Waals surface area contributed by atoms with Crippen LogP contribution >= 0.6 is 27.3 Å². The second-order valence-corrected chi connectivity index (χ2v) is 6.60. The summed E-state index contributed by atoms with van der Waals surface area (Å²) < 4.78 is 2.19. The lowest BCUT2D eigenvalue weighted by molar-refractivity contribution is 0.0947. The molecule has 1 N–H and O–H groups in total. The van der Waals surface area contributed by atoms with Gasteiger partial charge in [0.05, 0.1) is 4.88 Å². The Kier molecular flexibility index (Phi) is 4.20. The first-order chi connectivity index (χ1) is 8.51. The van der Waals surface area contributed by atoms with Gasteiger partial charge in [0.2, 0.25) is 0 Å². The molecule has 0 aliphatic heterocycles. The Morgan fingerprint density at radius 2 is 2.17 bits per heavy atom. The number of fused-ring (bicyclic) bond motifs is 1. The number of carbonyl (C=O) groups excluding carboxylic acids is 1. The lowest BCUT2D eigenvalue weighted by atomic mass is 10.0. The summed E-state index contributed by atoms with van der Waals surface area (Å²) >= 11 is 5.02. The van der Waals surface area contributed by atoms with Crippen molar-refractivity contribution in [2.45, 2.75) is 20.3 Å². The third-order valence-corrected chi connectivity index (χ3v) is 4.91. The zero-order valence-corrected chi connectivity index (χ0v) is 12.8. The zero-order valence-electron chi connectivity index (χ0n) is 10.4. The van der Waals surface area contributed by atoms with E-state index in [-0.39, 0.29) is 18.3 Å². The summed E-state index contributed by atoms with van der Waals surface area (Å²) in [6, 6.07) is 6.09. The van der Waals surface area contributed by atoms with Crippen molar-refractivity contribution in [2.75, 3.05) is 6.61 Å². The Morgan fingerprint density at radius 3 is 2.83 bits per heavy atom. The third kappa shape index (κ3) is 2.82. The van der Waals surface area contributed by atoms with Gasteiger partial charge in [0.25, 0.3) is 0 Å². The van der Waals surface area contributed by atoms with Crippen LogP contribution in [0.25, 0.3) is 10.1 Å². The molecule has 1 heterocycles. The fraction of sp³-hybridized carbons (Fsp3) is 0.357. The average Bonchev–Trinajstić information content (AvgIpc) is 2.72. The predicted molar refractivity (Wildman–Crippen MR) is 79.5 cm³/mol. The van der Waals surface area contributed by atoms with Crippen LogP contribution < -0.4 is 0 Å². The Balaban J connectivity index is 2.32. The number of hydrogen-bond donors (Lipinski definition) is 1. The smallest absolute Gasteiger partial charge is 0.173 e. The number of rotatable bonds is 4. The standard InChI is InChI=1S/C14H15BrO2S/c1-8(7-16)3-12(17)14-5-10-4-9(2)11(15)6-13(10)18-14/h4-6,8,16H,3,7H2,1-2H3/t8-/m0/s1. The van der Waals surface area contributed by atoms with E-state index in [0.717, 1.165) is 19.4 Å². The number of hydrogen-bond acceptors (Lipinski definition) is 3. The van der Waals surface area contributed by atoms with Crippen LogP contribution in [0.2, 0.25) is 0 Å². The summed E-state index contributed by atoms with van der Waals surface area (Å²) in [5, 5.41) is 10.1. The van der Waals surface area contributed by atoms with Crippen LogP contribution in [-0.4, -0.2) is 17.5 Å². The molecule has 96 valence electrons. The Labute approximate surface area is 119 Å². The summed E-state index contributed by atoms with van der Waals surface area (Å²) in [7, 11) is 0. The second-order valence-electron chi connectivity index (χ2n) is 4.66. The van der Waals surface area contributed by atoms with Crippen molar-refractivity contribution in [3.63, 3.8) is 0 Å². The number of ketones is 1. The summed E-state index contributed by atoms with van der Waals surface area (Å²) in [5.74, 6) is 0.141. The topological polar surface area (TPSA) is 37.3 Å². The lowest BCUT2D eigenvalue weighted by Gasteiger charge is -2.04. The zero-order chi connectivity index (χ0) is 13.3. The van der Waals surface area contributed by atoms with Gasteiger partial charge in [-0.1, -0.05) is 22.9 Å². The SMILES string of the molecule is Cc1cc2cc(C(=O)C[C@H](C)CO)sc2cc1Br. The molecule has 0 saturated carbocycles. The highest BCUT2D eigenvalue weighted by Crippen LogP contribution is 2.31. The number of thiophene rings is 1. The minimum absolute atomic E-state index is 0.0242. The van der Waals surface area contributed by atoms with Crippen molar-refractivity contribution in [3.8, 4) is 0 Å². The van der Waals surface area contributed by atoms with Crippen LogP contribution in [0.15, 0.2) is 22.7 Å². The van der Waals surface area contributed by atoms with Crippen molar-refractivity contribution in [1.29, 1.82) is 0 Å². The number of aliphatic hydroxyl groups excluding tert-OH is 1. The van der Waals surface area contributed by atoms with E-state index in [1.165, 1.54) is 16.9 Å². The molecule has 2 rings (SSSR count). The molecule has 1 aromatic carbocycles. The van der Waals surface area contributed by atoms with Crippen LogP contribution in [-0.2, 0) is 0 Å². The number of halogens is 1. The van der Waals surface area contributed by atoms with Gasteiger partial charge in [-0.05, 0) is 42.0 Å². The molecule has 0 fully saturated rings. The summed E-state index contributed by atoms with van der Waals surface area (Å²) in [6.45, 7) is 3.98. The van der Waals surface area contributed by atoms with E-state index in [2.05, 4.69) is 28.1 Å². The Bertz CT molecular complexity index is 550. The van der Waals surface area contributed by atoms with Gasteiger partial charge < -0.3 is 5.11 Å². The Hall–Kier alpha value is -0.710. The fourth-order valence-corrected chi connectivity index (χ4v) is 3.32. The number of Topliss-reactive ketones (excluding diaryl/α,β-unsaturated/α-hetero) is 1. The molecule has 0 aliphatic carbocycles. The van der Waals surface area contributed by atoms with Crippen LogP contribution in [0.4, 0.5) is 0 Å². The molecule has 0 radical (unpaired) electrons. The first-order valence-corrected chi connectivity index (χ1v) is 7.46. The molecule has 18 heavy (non-hydrogen) atoms. The molecular weight excluding hydrogens is 312 g/mol. The maximum absolute atomic E-state index is 12.0. The minimum atomic E-state index is 0.0242. The highest BCUT2D eigenvalue weighted by Gasteiger charge is 2.14. The normalized spacial score (nSPS) is 12.9. The Morgan fingerprint density at radius 1 is 1.44 bits per heavy atom. The van der Waals surface area contributed by atoms with Gasteiger partial charge in [0.1, 0.15) is 0 Å². The quantitative estimate of drug-likeness (QED) is 0.856. The van der Waals surface area contributed by atoms with Crippen molar-refractivity contribution in [2.24, 2.45) is 5.92 Å². The van der Waals surface area contributed by atoms with Crippen LogP contribution in [0.5, 0.6) is 0 Å². The number of benzene rings is 1. The molecule has 0 unspecified atom stereocenters. The van der Waals surface area contributed by atoms with Crippen LogP contribution in [0.3, 0.4) is 0 Å². The molecule has 0 saturated heterocycles. The molecule has 1 atom stereocenters. The largest absolute Gasteiger partial charge is 0.396 e. The van der Waals surface area contributed by atoms with E-state index in [1.54, 1.807) is 0 Å². The molecule has 2 aromatic rings. The van der Waals surface area contributed by atoms with Crippen molar-refractivity contribution in [3.05, 3.63) is 33.1 Å². The molecule has 1 aromatic heterocycles. The summed E-state index contributed by atoms with van der Waals surface area (Å²) in [4.78, 5) is 12.8. The molecule has 2 nitrogen and oxygen atoms in total. The van der Waals surface area contributed by atoms with Gasteiger partial charge in [-0.3, -0.25) is 4.79 Å². The van der Waals surface area contributed by atoms with Gasteiger partial charge in [0, 0.05) is 22.2 Å². The van der Waals surface area contributed by atoms with Crippen LogP contribution in [0, 0.1) is 12.8 Å². The van der Waals surface area contributed by atoms with Crippen molar-refractivity contribution < 1.29 is 9.90 Å². The average molecular weight is 327 g/mol. The van der Waals surface area contributed by atoms with E-state index in [1.807, 2.05) is 19.9 Å². The van der Waals surface area contributed by atoms with Crippen molar-refractivity contribution in [1.82, 2.24) is 0 Å².